The van der Waals surface area contributed by atoms with E-state index in [1.807, 2.05) is 20.9 Å². The minimum absolute atomic E-state index is 0.110. The Morgan fingerprint density at radius 1 is 1.42 bits per heavy atom. The van der Waals surface area contributed by atoms with Gasteiger partial charge in [0.2, 0.25) is 5.91 Å². The Balaban J connectivity index is 2.23. The molecule has 2 rings (SSSR count). The molecule has 1 aliphatic rings. The number of hydrogen-bond donors (Lipinski definition) is 1. The summed E-state index contributed by atoms with van der Waals surface area (Å²) in [5.74, 6) is 0.552. The first kappa shape index (κ1) is 14.1. The summed E-state index contributed by atoms with van der Waals surface area (Å²) in [7, 11) is 1.83. The molecule has 2 heterocycles. The predicted octanol–water partition coefficient (Wildman–Crippen LogP) is 1.37. The molecule has 1 aromatic heterocycles. The van der Waals surface area contributed by atoms with Crippen LogP contribution in [0.5, 0.6) is 0 Å². The van der Waals surface area contributed by atoms with E-state index in [1.54, 1.807) is 17.0 Å². The van der Waals surface area contributed by atoms with E-state index >= 15 is 0 Å². The lowest BCUT2D eigenvalue weighted by Gasteiger charge is -2.44. The lowest BCUT2D eigenvalue weighted by molar-refractivity contribution is -0.147. The number of aromatic nitrogens is 1. The summed E-state index contributed by atoms with van der Waals surface area (Å²) in [4.78, 5) is 20.3. The summed E-state index contributed by atoms with van der Waals surface area (Å²) in [6, 6.07) is 3.41. The maximum Gasteiger partial charge on any atom is 0.242 e. The van der Waals surface area contributed by atoms with Gasteiger partial charge in [0.15, 0.2) is 0 Å². The van der Waals surface area contributed by atoms with Gasteiger partial charge in [-0.25, -0.2) is 4.98 Å². The number of anilines is 1. The molecule has 19 heavy (non-hydrogen) atoms. The van der Waals surface area contributed by atoms with Gasteiger partial charge >= 0.3 is 0 Å². The highest BCUT2D eigenvalue weighted by Gasteiger charge is 2.40. The van der Waals surface area contributed by atoms with Crippen molar-refractivity contribution in [3.8, 4) is 0 Å². The molecule has 0 spiro atoms. The van der Waals surface area contributed by atoms with Gasteiger partial charge in [-0.3, -0.25) is 9.69 Å². The van der Waals surface area contributed by atoms with Crippen molar-refractivity contribution in [1.29, 1.82) is 0 Å². The Hall–Kier alpha value is -1.33. The van der Waals surface area contributed by atoms with Crippen LogP contribution in [-0.4, -0.2) is 46.4 Å². The van der Waals surface area contributed by atoms with E-state index in [0.29, 0.717) is 29.6 Å². The Labute approximate surface area is 118 Å². The van der Waals surface area contributed by atoms with Crippen molar-refractivity contribution in [2.45, 2.75) is 25.9 Å². The summed E-state index contributed by atoms with van der Waals surface area (Å²) >= 11 is 6.13. The number of piperazine rings is 1. The van der Waals surface area contributed by atoms with E-state index < -0.39 is 5.54 Å². The van der Waals surface area contributed by atoms with Crippen LogP contribution in [-0.2, 0) is 11.3 Å². The number of hydrogen-bond acceptors (Lipinski definition) is 4. The fourth-order valence-electron chi connectivity index (χ4n) is 2.32. The first-order chi connectivity index (χ1) is 8.82. The zero-order valence-corrected chi connectivity index (χ0v) is 12.2. The largest absolute Gasteiger partial charge is 0.384 e. The molecule has 2 N–H and O–H groups in total. The summed E-state index contributed by atoms with van der Waals surface area (Å²) in [6.45, 7) is 5.87. The minimum atomic E-state index is -0.553. The van der Waals surface area contributed by atoms with Gasteiger partial charge in [0.1, 0.15) is 5.82 Å². The number of carbonyl (C=O) groups is 1. The summed E-state index contributed by atoms with van der Waals surface area (Å²) in [6.07, 6.45) is 0. The summed E-state index contributed by atoms with van der Waals surface area (Å²) in [5, 5.41) is 0.580. The molecule has 0 radical (unpaired) electrons. The molecule has 0 saturated carbocycles. The number of likely N-dealkylation sites (N-methyl/N-ethyl adjacent to an activating group) is 1. The molecule has 104 valence electrons. The van der Waals surface area contributed by atoms with Gasteiger partial charge in [-0.05, 0) is 26.0 Å². The maximum atomic E-state index is 12.2. The van der Waals surface area contributed by atoms with Crippen LogP contribution >= 0.6 is 11.6 Å². The SMILES string of the molecule is CN1CCN(Cc2nc(N)ccc2Cl)C(C)(C)C1=O. The fraction of sp³-hybridized carbons (Fsp3) is 0.538. The quantitative estimate of drug-likeness (QED) is 0.890. The van der Waals surface area contributed by atoms with E-state index in [-0.39, 0.29) is 5.91 Å². The molecule has 1 amide bonds. The smallest absolute Gasteiger partial charge is 0.242 e. The van der Waals surface area contributed by atoms with E-state index in [9.17, 15) is 4.79 Å². The number of nitrogens with zero attached hydrogens (tertiary/aromatic N) is 3. The number of pyridine rings is 1. The van der Waals surface area contributed by atoms with Crippen LogP contribution in [0.15, 0.2) is 12.1 Å². The van der Waals surface area contributed by atoms with Crippen molar-refractivity contribution in [3.63, 3.8) is 0 Å². The third kappa shape index (κ3) is 2.67. The maximum absolute atomic E-state index is 12.2. The third-order valence-corrected chi connectivity index (χ3v) is 3.99. The Morgan fingerprint density at radius 3 is 2.79 bits per heavy atom. The molecule has 1 aliphatic heterocycles. The van der Waals surface area contributed by atoms with Crippen LogP contribution in [0.1, 0.15) is 19.5 Å². The molecule has 5 nitrogen and oxygen atoms in total. The van der Waals surface area contributed by atoms with Gasteiger partial charge in [-0.2, -0.15) is 0 Å². The second-order valence-electron chi connectivity index (χ2n) is 5.37. The van der Waals surface area contributed by atoms with E-state index in [4.69, 9.17) is 17.3 Å². The van der Waals surface area contributed by atoms with Crippen molar-refractivity contribution in [2.75, 3.05) is 25.9 Å². The lowest BCUT2D eigenvalue weighted by atomic mass is 9.97. The van der Waals surface area contributed by atoms with E-state index in [2.05, 4.69) is 9.88 Å². The van der Waals surface area contributed by atoms with E-state index in [0.717, 1.165) is 6.54 Å². The van der Waals surface area contributed by atoms with Crippen LogP contribution in [0.25, 0.3) is 0 Å². The van der Waals surface area contributed by atoms with Crippen LogP contribution in [0.2, 0.25) is 5.02 Å². The molecule has 1 saturated heterocycles. The third-order valence-electron chi connectivity index (χ3n) is 3.65. The first-order valence-electron chi connectivity index (χ1n) is 6.24. The number of halogens is 1. The molecule has 6 heteroatoms. The Morgan fingerprint density at radius 2 is 2.11 bits per heavy atom. The predicted molar refractivity (Wildman–Crippen MR) is 75.8 cm³/mol. The average Bonchev–Trinajstić information content (AvgIpc) is 2.35. The highest BCUT2D eigenvalue weighted by atomic mass is 35.5. The van der Waals surface area contributed by atoms with Gasteiger partial charge in [-0.1, -0.05) is 11.6 Å². The Bertz CT molecular complexity index is 503. The fourth-order valence-corrected chi connectivity index (χ4v) is 2.49. The molecule has 1 fully saturated rings. The summed E-state index contributed by atoms with van der Waals surface area (Å²) < 4.78 is 0. The normalized spacial score (nSPS) is 19.8. The van der Waals surface area contributed by atoms with Gasteiger partial charge < -0.3 is 10.6 Å². The van der Waals surface area contributed by atoms with Crippen molar-refractivity contribution >= 4 is 23.3 Å². The number of carbonyl (C=O) groups excluding carboxylic acids is 1. The van der Waals surface area contributed by atoms with Crippen molar-refractivity contribution in [1.82, 2.24) is 14.8 Å². The standard InChI is InChI=1S/C13H19ClN4O/c1-13(2)12(19)17(3)6-7-18(13)8-10-9(14)4-5-11(15)16-10/h4-5H,6-8H2,1-3H3,(H2,15,16). The number of rotatable bonds is 2. The van der Waals surface area contributed by atoms with Crippen LogP contribution in [0.3, 0.4) is 0 Å². The van der Waals surface area contributed by atoms with Crippen molar-refractivity contribution in [2.24, 2.45) is 0 Å². The molecular formula is C13H19ClN4O. The number of amides is 1. The van der Waals surface area contributed by atoms with Crippen LogP contribution in [0.4, 0.5) is 5.82 Å². The molecule has 0 aromatic carbocycles. The second-order valence-corrected chi connectivity index (χ2v) is 5.78. The molecule has 0 bridgehead atoms. The zero-order chi connectivity index (χ0) is 14.2. The Kier molecular flexibility index (Phi) is 3.69. The zero-order valence-electron chi connectivity index (χ0n) is 11.5. The first-order valence-corrected chi connectivity index (χ1v) is 6.61. The second kappa shape index (κ2) is 4.98. The molecule has 0 unspecified atom stereocenters. The minimum Gasteiger partial charge on any atom is -0.384 e. The van der Waals surface area contributed by atoms with Gasteiger partial charge in [-0.15, -0.1) is 0 Å². The van der Waals surface area contributed by atoms with Crippen molar-refractivity contribution in [3.05, 3.63) is 22.8 Å². The summed E-state index contributed by atoms with van der Waals surface area (Å²) in [5.41, 5.74) is 5.85. The van der Waals surface area contributed by atoms with Crippen LogP contribution < -0.4 is 5.73 Å². The molecule has 0 aliphatic carbocycles. The van der Waals surface area contributed by atoms with E-state index in [1.165, 1.54) is 0 Å². The molecular weight excluding hydrogens is 264 g/mol. The molecule has 0 atom stereocenters. The number of nitrogen functional groups attached to an aromatic ring is 1. The average molecular weight is 283 g/mol. The van der Waals surface area contributed by atoms with Gasteiger partial charge in [0, 0.05) is 26.7 Å². The van der Waals surface area contributed by atoms with Gasteiger partial charge in [0.25, 0.3) is 0 Å². The topological polar surface area (TPSA) is 62.5 Å². The van der Waals surface area contributed by atoms with Crippen molar-refractivity contribution < 1.29 is 4.79 Å². The van der Waals surface area contributed by atoms with Gasteiger partial charge in [0.05, 0.1) is 16.3 Å². The highest BCUT2D eigenvalue weighted by Crippen LogP contribution is 2.26. The van der Waals surface area contributed by atoms with Crippen LogP contribution in [0, 0.1) is 0 Å². The lowest BCUT2D eigenvalue weighted by Crippen LogP contribution is -2.61. The molecule has 1 aromatic rings. The highest BCUT2D eigenvalue weighted by molar-refractivity contribution is 6.31. The number of nitrogens with two attached hydrogens (primary N) is 1. The monoisotopic (exact) mass is 282 g/mol.